The van der Waals surface area contributed by atoms with E-state index in [1.165, 1.54) is 26.4 Å². The van der Waals surface area contributed by atoms with Gasteiger partial charge in [-0.2, -0.15) is 0 Å². The Morgan fingerprint density at radius 2 is 1.87 bits per heavy atom. The zero-order valence-electron chi connectivity index (χ0n) is 12.6. The number of methoxy groups -OCH3 is 2. The maximum atomic E-state index is 14.2. The van der Waals surface area contributed by atoms with Crippen molar-refractivity contribution in [3.05, 3.63) is 58.4 Å². The lowest BCUT2D eigenvalue weighted by molar-refractivity contribution is 0.386. The Bertz CT molecular complexity index is 818. The van der Waals surface area contributed by atoms with Crippen LogP contribution < -0.4 is 4.74 Å². The van der Waals surface area contributed by atoms with Gasteiger partial charge in [0.05, 0.1) is 25.6 Å². The van der Waals surface area contributed by atoms with Crippen LogP contribution in [0.15, 0.2) is 46.4 Å². The van der Waals surface area contributed by atoms with Crippen LogP contribution in [0.25, 0.3) is 0 Å². The van der Waals surface area contributed by atoms with Crippen molar-refractivity contribution < 1.29 is 13.9 Å². The lowest BCUT2D eigenvalue weighted by Gasteiger charge is -2.11. The van der Waals surface area contributed by atoms with Crippen molar-refractivity contribution in [2.75, 3.05) is 20.8 Å². The smallest absolute Gasteiger partial charge is 0.210 e. The van der Waals surface area contributed by atoms with Gasteiger partial charge >= 0.3 is 0 Å². The Labute approximate surface area is 138 Å². The van der Waals surface area contributed by atoms with E-state index < -0.39 is 5.82 Å². The van der Waals surface area contributed by atoms with Gasteiger partial charge in [-0.15, -0.1) is 0 Å². The van der Waals surface area contributed by atoms with Crippen LogP contribution in [0.2, 0.25) is 5.02 Å². The normalized spacial score (nSPS) is 13.6. The molecule has 0 saturated carbocycles. The van der Waals surface area contributed by atoms with Crippen LogP contribution in [-0.4, -0.2) is 32.4 Å². The molecule has 4 nitrogen and oxygen atoms in total. The lowest BCUT2D eigenvalue weighted by Crippen LogP contribution is -2.08. The van der Waals surface area contributed by atoms with Crippen molar-refractivity contribution in [3.8, 4) is 5.75 Å². The fourth-order valence-corrected chi connectivity index (χ4v) is 2.60. The number of nitrogens with zero attached hydrogens (tertiary/aromatic N) is 2. The summed E-state index contributed by atoms with van der Waals surface area (Å²) in [6.45, 7) is 0.246. The number of aliphatic imine (C=N–C) groups is 2. The van der Waals surface area contributed by atoms with E-state index in [2.05, 4.69) is 9.98 Å². The summed E-state index contributed by atoms with van der Waals surface area (Å²) in [5.74, 6) is 0.0624. The first kappa shape index (κ1) is 15.5. The Morgan fingerprint density at radius 3 is 2.57 bits per heavy atom. The van der Waals surface area contributed by atoms with Gasteiger partial charge in [-0.3, -0.25) is 4.99 Å². The maximum absolute atomic E-state index is 14.2. The summed E-state index contributed by atoms with van der Waals surface area (Å²) in [7, 11) is 2.93. The summed E-state index contributed by atoms with van der Waals surface area (Å²) in [6.07, 6.45) is 0. The van der Waals surface area contributed by atoms with Crippen molar-refractivity contribution in [1.82, 2.24) is 0 Å². The standard InChI is InChI=1S/C17H14ClFN2O2/c1-22-15-8-14-11(7-13(15)19)17(20-9-16(21-14)23-2)10-5-3-4-6-12(10)18/h3-8H,9H2,1-2H3. The van der Waals surface area contributed by atoms with Crippen LogP contribution in [0.4, 0.5) is 10.1 Å². The zero-order valence-corrected chi connectivity index (χ0v) is 13.4. The molecule has 0 aromatic heterocycles. The Morgan fingerprint density at radius 1 is 1.09 bits per heavy atom. The van der Waals surface area contributed by atoms with Crippen LogP contribution in [0.5, 0.6) is 5.75 Å². The van der Waals surface area contributed by atoms with Crippen LogP contribution in [0.3, 0.4) is 0 Å². The third kappa shape index (κ3) is 2.92. The highest BCUT2D eigenvalue weighted by atomic mass is 35.5. The number of rotatable bonds is 2. The summed E-state index contributed by atoms with van der Waals surface area (Å²) in [4.78, 5) is 8.92. The highest BCUT2D eigenvalue weighted by Crippen LogP contribution is 2.33. The molecule has 0 radical (unpaired) electrons. The number of ether oxygens (including phenoxy) is 2. The van der Waals surface area contributed by atoms with E-state index >= 15 is 0 Å². The zero-order chi connectivity index (χ0) is 16.4. The molecule has 0 fully saturated rings. The van der Waals surface area contributed by atoms with Gasteiger partial charge in [0.15, 0.2) is 11.6 Å². The third-order valence-corrected chi connectivity index (χ3v) is 3.84. The Hall–Kier alpha value is -2.40. The fourth-order valence-electron chi connectivity index (χ4n) is 2.38. The molecule has 0 unspecified atom stereocenters. The molecule has 2 aromatic rings. The first-order valence-corrected chi connectivity index (χ1v) is 7.30. The molecule has 0 N–H and O–H groups in total. The highest BCUT2D eigenvalue weighted by Gasteiger charge is 2.21. The second kappa shape index (κ2) is 6.38. The van der Waals surface area contributed by atoms with Gasteiger partial charge in [-0.05, 0) is 12.1 Å². The molecule has 118 valence electrons. The van der Waals surface area contributed by atoms with Crippen molar-refractivity contribution in [2.24, 2.45) is 9.98 Å². The summed E-state index contributed by atoms with van der Waals surface area (Å²) >= 11 is 6.28. The highest BCUT2D eigenvalue weighted by molar-refractivity contribution is 6.36. The van der Waals surface area contributed by atoms with Gasteiger partial charge in [0.25, 0.3) is 0 Å². The van der Waals surface area contributed by atoms with Gasteiger partial charge in [0.1, 0.15) is 6.54 Å². The lowest BCUT2D eigenvalue weighted by atomic mass is 10.00. The van der Waals surface area contributed by atoms with Gasteiger partial charge in [0.2, 0.25) is 5.90 Å². The van der Waals surface area contributed by atoms with Crippen molar-refractivity contribution >= 4 is 28.9 Å². The largest absolute Gasteiger partial charge is 0.494 e. The van der Waals surface area contributed by atoms with Crippen molar-refractivity contribution in [2.45, 2.75) is 0 Å². The first-order chi connectivity index (χ1) is 11.1. The number of halogens is 2. The average Bonchev–Trinajstić information content (AvgIpc) is 2.73. The second-order valence-corrected chi connectivity index (χ2v) is 5.27. The monoisotopic (exact) mass is 332 g/mol. The molecule has 0 atom stereocenters. The maximum Gasteiger partial charge on any atom is 0.210 e. The molecule has 2 aromatic carbocycles. The first-order valence-electron chi connectivity index (χ1n) is 6.93. The van der Waals surface area contributed by atoms with E-state index in [0.717, 1.165) is 0 Å². The second-order valence-electron chi connectivity index (χ2n) is 4.86. The summed E-state index contributed by atoms with van der Waals surface area (Å²) in [5, 5.41) is 0.536. The molecule has 0 spiro atoms. The topological polar surface area (TPSA) is 43.2 Å². The molecule has 1 aliphatic heterocycles. The molecule has 23 heavy (non-hydrogen) atoms. The number of fused-ring (bicyclic) bond motifs is 1. The Kier molecular flexibility index (Phi) is 4.30. The predicted molar refractivity (Wildman–Crippen MR) is 89.0 cm³/mol. The molecule has 3 rings (SSSR count). The van der Waals surface area contributed by atoms with E-state index in [1.807, 2.05) is 18.2 Å². The van der Waals surface area contributed by atoms with Crippen LogP contribution in [0.1, 0.15) is 11.1 Å². The predicted octanol–water partition coefficient (Wildman–Crippen LogP) is 4.02. The van der Waals surface area contributed by atoms with Crippen molar-refractivity contribution in [1.29, 1.82) is 0 Å². The van der Waals surface area contributed by atoms with Crippen LogP contribution in [0, 0.1) is 5.82 Å². The molecule has 1 heterocycles. The van der Waals surface area contributed by atoms with Crippen molar-refractivity contribution in [3.63, 3.8) is 0 Å². The molecule has 1 aliphatic rings. The molecule has 0 aliphatic carbocycles. The van der Waals surface area contributed by atoms with Crippen LogP contribution in [-0.2, 0) is 4.74 Å². The number of hydrogen-bond donors (Lipinski definition) is 0. The molecular formula is C17H14ClFN2O2. The summed E-state index contributed by atoms with van der Waals surface area (Å²) in [5.41, 5.74) is 2.36. The molecule has 6 heteroatoms. The number of hydrogen-bond acceptors (Lipinski definition) is 4. The summed E-state index contributed by atoms with van der Waals surface area (Å²) in [6, 6.07) is 10.2. The minimum Gasteiger partial charge on any atom is -0.494 e. The quantitative estimate of drug-likeness (QED) is 0.833. The SMILES string of the molecule is COC1=Nc2cc(OC)c(F)cc2C(c2ccccc2Cl)=NC1. The summed E-state index contributed by atoms with van der Waals surface area (Å²) < 4.78 is 24.4. The van der Waals surface area contributed by atoms with Gasteiger partial charge < -0.3 is 9.47 Å². The van der Waals surface area contributed by atoms with Gasteiger partial charge in [-0.1, -0.05) is 29.8 Å². The molecular weight excluding hydrogens is 319 g/mol. The van der Waals surface area contributed by atoms with E-state index in [9.17, 15) is 4.39 Å². The average molecular weight is 333 g/mol. The molecule has 0 amide bonds. The Balaban J connectivity index is 2.24. The molecule has 0 saturated heterocycles. The van der Waals surface area contributed by atoms with E-state index in [1.54, 1.807) is 6.07 Å². The molecule has 0 bridgehead atoms. The van der Waals surface area contributed by atoms with E-state index in [-0.39, 0.29) is 12.3 Å². The fraction of sp³-hybridized carbons (Fsp3) is 0.176. The van der Waals surface area contributed by atoms with E-state index in [0.29, 0.717) is 33.4 Å². The van der Waals surface area contributed by atoms with Gasteiger partial charge in [-0.25, -0.2) is 9.38 Å². The number of benzene rings is 2. The van der Waals surface area contributed by atoms with E-state index in [4.69, 9.17) is 21.1 Å². The van der Waals surface area contributed by atoms with Crippen LogP contribution >= 0.6 is 11.6 Å². The third-order valence-electron chi connectivity index (χ3n) is 3.51. The minimum absolute atomic E-state index is 0.114. The van der Waals surface area contributed by atoms with Gasteiger partial charge in [0, 0.05) is 22.2 Å². The minimum atomic E-state index is -0.484.